The second-order valence-corrected chi connectivity index (χ2v) is 5.75. The third kappa shape index (κ3) is 3.49. The van der Waals surface area contributed by atoms with Crippen molar-refractivity contribution in [2.75, 3.05) is 12.4 Å². The van der Waals surface area contributed by atoms with E-state index in [1.54, 1.807) is 31.4 Å². The summed E-state index contributed by atoms with van der Waals surface area (Å²) in [4.78, 5) is 12.7. The van der Waals surface area contributed by atoms with Crippen LogP contribution in [0.25, 0.3) is 11.3 Å². The molecule has 3 aromatic rings. The summed E-state index contributed by atoms with van der Waals surface area (Å²) in [5.74, 6) is -0.613. The molecule has 1 N–H and O–H groups in total. The molecule has 1 heterocycles. The number of methoxy groups -OCH3 is 1. The Hall–Kier alpha value is -2.86. The fourth-order valence-corrected chi connectivity index (χ4v) is 2.69. The van der Waals surface area contributed by atoms with Crippen molar-refractivity contribution in [2.24, 2.45) is 7.05 Å². The molecule has 25 heavy (non-hydrogen) atoms. The molecule has 128 valence electrons. The Morgan fingerprint density at radius 2 is 2.04 bits per heavy atom. The molecular weight excluding hydrogens is 345 g/mol. The molecule has 0 saturated carbocycles. The van der Waals surface area contributed by atoms with Crippen LogP contribution >= 0.6 is 11.6 Å². The molecule has 7 heteroatoms. The van der Waals surface area contributed by atoms with E-state index < -0.39 is 11.7 Å². The number of carbonyl (C=O) groups is 1. The fourth-order valence-electron chi connectivity index (χ4n) is 2.46. The summed E-state index contributed by atoms with van der Waals surface area (Å²) >= 11 is 6.23. The van der Waals surface area contributed by atoms with Gasteiger partial charge in [-0.3, -0.25) is 9.48 Å². The number of halogens is 2. The Bertz CT molecular complexity index is 940. The average molecular weight is 360 g/mol. The first-order valence-corrected chi connectivity index (χ1v) is 7.81. The fraction of sp³-hybridized carbons (Fsp3) is 0.111. The lowest BCUT2D eigenvalue weighted by molar-refractivity contribution is 0.102. The lowest BCUT2D eigenvalue weighted by Gasteiger charge is -2.10. The van der Waals surface area contributed by atoms with Crippen molar-refractivity contribution in [2.45, 2.75) is 0 Å². The predicted molar refractivity (Wildman–Crippen MR) is 94.6 cm³/mol. The third-order valence-corrected chi connectivity index (χ3v) is 3.94. The van der Waals surface area contributed by atoms with E-state index in [2.05, 4.69) is 10.4 Å². The Labute approximate surface area is 149 Å². The maximum Gasteiger partial charge on any atom is 0.259 e. The first-order chi connectivity index (χ1) is 12.0. The number of carbonyl (C=O) groups excluding carboxylic acids is 1. The minimum atomic E-state index is -0.451. The standard InChI is InChI=1S/C18H15ClFN3O2/c1-23-10-13(17(22-23)12-5-3-4-6-14(12)19)18(24)21-15-8-7-11(20)9-16(15)25-2/h3-10H,1-2H3,(H,21,24). The van der Waals surface area contributed by atoms with Crippen LogP contribution in [0.15, 0.2) is 48.7 Å². The zero-order valence-corrected chi connectivity index (χ0v) is 14.3. The highest BCUT2D eigenvalue weighted by atomic mass is 35.5. The highest BCUT2D eigenvalue weighted by molar-refractivity contribution is 6.33. The molecule has 0 aliphatic carbocycles. The molecule has 0 unspecified atom stereocenters. The van der Waals surface area contributed by atoms with Crippen LogP contribution in [0.1, 0.15) is 10.4 Å². The molecule has 0 radical (unpaired) electrons. The van der Waals surface area contributed by atoms with Crippen LogP contribution in [-0.2, 0) is 7.05 Å². The number of hydrogen-bond acceptors (Lipinski definition) is 3. The molecule has 1 amide bonds. The topological polar surface area (TPSA) is 56.1 Å². The summed E-state index contributed by atoms with van der Waals surface area (Å²) in [6.07, 6.45) is 1.60. The van der Waals surface area contributed by atoms with Crippen molar-refractivity contribution in [3.05, 3.63) is 65.1 Å². The molecule has 0 bridgehead atoms. The van der Waals surface area contributed by atoms with Gasteiger partial charge in [0, 0.05) is 24.9 Å². The van der Waals surface area contributed by atoms with Crippen molar-refractivity contribution < 1.29 is 13.9 Å². The summed E-state index contributed by atoms with van der Waals surface area (Å²) in [5.41, 5.74) is 1.83. The molecule has 0 spiro atoms. The molecule has 1 aromatic heterocycles. The van der Waals surface area contributed by atoms with E-state index >= 15 is 0 Å². The van der Waals surface area contributed by atoms with Crippen molar-refractivity contribution >= 4 is 23.2 Å². The van der Waals surface area contributed by atoms with Crippen LogP contribution in [0, 0.1) is 5.82 Å². The van der Waals surface area contributed by atoms with Gasteiger partial charge in [-0.1, -0.05) is 29.8 Å². The zero-order valence-electron chi connectivity index (χ0n) is 13.6. The molecule has 0 saturated heterocycles. The smallest absolute Gasteiger partial charge is 0.259 e. The van der Waals surface area contributed by atoms with Gasteiger partial charge in [0.25, 0.3) is 5.91 Å². The quantitative estimate of drug-likeness (QED) is 0.761. The van der Waals surface area contributed by atoms with Crippen molar-refractivity contribution in [3.8, 4) is 17.0 Å². The van der Waals surface area contributed by atoms with Crippen molar-refractivity contribution in [1.82, 2.24) is 9.78 Å². The van der Waals surface area contributed by atoms with Crippen LogP contribution in [-0.4, -0.2) is 22.8 Å². The van der Waals surface area contributed by atoms with E-state index in [4.69, 9.17) is 16.3 Å². The lowest BCUT2D eigenvalue weighted by atomic mass is 10.1. The minimum Gasteiger partial charge on any atom is -0.494 e. The molecule has 0 fully saturated rings. The summed E-state index contributed by atoms with van der Waals surface area (Å²) in [7, 11) is 3.12. The normalized spacial score (nSPS) is 10.6. The molecule has 3 rings (SSSR count). The van der Waals surface area contributed by atoms with Gasteiger partial charge in [-0.15, -0.1) is 0 Å². The molecule has 2 aromatic carbocycles. The maximum atomic E-state index is 13.3. The van der Waals surface area contributed by atoms with Gasteiger partial charge in [-0.05, 0) is 18.2 Å². The summed E-state index contributed by atoms with van der Waals surface area (Å²) in [5, 5.41) is 7.56. The number of aryl methyl sites for hydroxylation is 1. The van der Waals surface area contributed by atoms with Crippen molar-refractivity contribution in [1.29, 1.82) is 0 Å². The summed E-state index contributed by atoms with van der Waals surface area (Å²) in [6, 6.07) is 11.0. The molecule has 0 aliphatic heterocycles. The van der Waals surface area contributed by atoms with E-state index in [-0.39, 0.29) is 5.75 Å². The van der Waals surface area contributed by atoms with Gasteiger partial charge in [0.05, 0.1) is 23.4 Å². The summed E-state index contributed by atoms with van der Waals surface area (Å²) in [6.45, 7) is 0. The molecule has 0 aliphatic rings. The van der Waals surface area contributed by atoms with Gasteiger partial charge in [0.2, 0.25) is 0 Å². The van der Waals surface area contributed by atoms with E-state index in [0.717, 1.165) is 0 Å². The molecule has 0 atom stereocenters. The SMILES string of the molecule is COc1cc(F)ccc1NC(=O)c1cn(C)nc1-c1ccccc1Cl. The van der Waals surface area contributed by atoms with Crippen LogP contribution in [0.2, 0.25) is 5.02 Å². The number of nitrogens with zero attached hydrogens (tertiary/aromatic N) is 2. The first-order valence-electron chi connectivity index (χ1n) is 7.43. The van der Waals surface area contributed by atoms with E-state index in [1.165, 1.54) is 30.0 Å². The van der Waals surface area contributed by atoms with E-state index in [1.807, 2.05) is 6.07 Å². The molecular formula is C18H15ClFN3O2. The Morgan fingerprint density at radius 1 is 1.28 bits per heavy atom. The van der Waals surface area contributed by atoms with Gasteiger partial charge in [0.1, 0.15) is 17.3 Å². The third-order valence-electron chi connectivity index (χ3n) is 3.61. The number of aromatic nitrogens is 2. The Kier molecular flexibility index (Phi) is 4.72. The second-order valence-electron chi connectivity index (χ2n) is 5.34. The number of hydrogen-bond donors (Lipinski definition) is 1. The highest BCUT2D eigenvalue weighted by Gasteiger charge is 2.20. The Balaban J connectivity index is 1.98. The van der Waals surface area contributed by atoms with Gasteiger partial charge in [-0.25, -0.2) is 4.39 Å². The van der Waals surface area contributed by atoms with Gasteiger partial charge >= 0.3 is 0 Å². The molecule has 5 nitrogen and oxygen atoms in total. The minimum absolute atomic E-state index is 0.233. The number of amides is 1. The highest BCUT2D eigenvalue weighted by Crippen LogP contribution is 2.30. The summed E-state index contributed by atoms with van der Waals surface area (Å²) < 4.78 is 19.9. The predicted octanol–water partition coefficient (Wildman–Crippen LogP) is 4.14. The maximum absolute atomic E-state index is 13.3. The number of rotatable bonds is 4. The van der Waals surface area contributed by atoms with E-state index in [0.29, 0.717) is 27.5 Å². The van der Waals surface area contributed by atoms with Crippen LogP contribution in [0.5, 0.6) is 5.75 Å². The van der Waals surface area contributed by atoms with E-state index in [9.17, 15) is 9.18 Å². The van der Waals surface area contributed by atoms with Crippen LogP contribution in [0.3, 0.4) is 0 Å². The number of ether oxygens (including phenoxy) is 1. The van der Waals surface area contributed by atoms with Gasteiger partial charge in [-0.2, -0.15) is 5.10 Å². The van der Waals surface area contributed by atoms with Gasteiger partial charge in [0.15, 0.2) is 0 Å². The average Bonchev–Trinajstić information content (AvgIpc) is 2.98. The number of anilines is 1. The Morgan fingerprint density at radius 3 is 2.76 bits per heavy atom. The van der Waals surface area contributed by atoms with Crippen LogP contribution < -0.4 is 10.1 Å². The monoisotopic (exact) mass is 359 g/mol. The first kappa shape index (κ1) is 17.0. The van der Waals surface area contributed by atoms with Gasteiger partial charge < -0.3 is 10.1 Å². The lowest BCUT2D eigenvalue weighted by Crippen LogP contribution is -2.13. The zero-order chi connectivity index (χ0) is 18.0. The second kappa shape index (κ2) is 6.94. The van der Waals surface area contributed by atoms with Crippen LogP contribution in [0.4, 0.5) is 10.1 Å². The largest absolute Gasteiger partial charge is 0.494 e. The number of nitrogens with one attached hydrogen (secondary N) is 1. The van der Waals surface area contributed by atoms with Crippen molar-refractivity contribution in [3.63, 3.8) is 0 Å². The number of benzene rings is 2.